The van der Waals surface area contributed by atoms with Crippen LogP contribution >= 0.6 is 34.4 Å². The van der Waals surface area contributed by atoms with Crippen LogP contribution in [0.5, 0.6) is 0 Å². The molecule has 2 aromatic rings. The molecule has 0 saturated heterocycles. The molecule has 0 radical (unpaired) electrons. The number of nitrogens with one attached hydrogen (secondary N) is 1. The highest BCUT2D eigenvalue weighted by molar-refractivity contribution is 14.1. The molecule has 0 fully saturated rings. The Labute approximate surface area is 147 Å². The molecule has 0 bridgehead atoms. The van der Waals surface area contributed by atoms with Crippen LogP contribution in [-0.4, -0.2) is 26.5 Å². The monoisotopic (exact) mass is 431 g/mol. The molecular formula is C14H18IN5OS. The van der Waals surface area contributed by atoms with Crippen LogP contribution < -0.4 is 11.2 Å². The van der Waals surface area contributed by atoms with E-state index in [4.69, 9.17) is 5.84 Å². The van der Waals surface area contributed by atoms with Crippen LogP contribution in [0.3, 0.4) is 0 Å². The third kappa shape index (κ3) is 4.87. The van der Waals surface area contributed by atoms with Gasteiger partial charge in [0, 0.05) is 15.7 Å². The highest BCUT2D eigenvalue weighted by atomic mass is 127. The van der Waals surface area contributed by atoms with Gasteiger partial charge in [-0.05, 0) is 53.3 Å². The smallest absolute Gasteiger partial charge is 0.234 e. The van der Waals surface area contributed by atoms with E-state index in [9.17, 15) is 4.79 Å². The second-order valence-corrected chi connectivity index (χ2v) is 6.90. The first kappa shape index (κ1) is 17.1. The van der Waals surface area contributed by atoms with Gasteiger partial charge in [-0.1, -0.05) is 25.1 Å². The van der Waals surface area contributed by atoms with Crippen molar-refractivity contribution in [2.24, 2.45) is 0 Å². The quantitative estimate of drug-likeness (QED) is 0.400. The number of hydrogen-bond donors (Lipinski definition) is 2. The van der Waals surface area contributed by atoms with Gasteiger partial charge in [-0.3, -0.25) is 4.79 Å². The third-order valence-corrected chi connectivity index (χ3v) is 4.61. The number of anilines is 1. The summed E-state index contributed by atoms with van der Waals surface area (Å²) >= 11 is 3.50. The molecule has 3 N–H and O–H groups in total. The maximum atomic E-state index is 11.9. The molecule has 2 rings (SSSR count). The summed E-state index contributed by atoms with van der Waals surface area (Å²) in [6, 6.07) is 7.64. The molecule has 118 valence electrons. The number of halogens is 1. The van der Waals surface area contributed by atoms with Crippen molar-refractivity contribution in [3.05, 3.63) is 33.7 Å². The Hall–Kier alpha value is -1.29. The fourth-order valence-corrected chi connectivity index (χ4v) is 2.81. The molecule has 0 aliphatic rings. The molecule has 6 nitrogen and oxygen atoms in total. The predicted molar refractivity (Wildman–Crippen MR) is 97.3 cm³/mol. The summed E-state index contributed by atoms with van der Waals surface area (Å²) in [6.07, 6.45) is 2.90. The van der Waals surface area contributed by atoms with Crippen molar-refractivity contribution in [3.63, 3.8) is 0 Å². The third-order valence-electron chi connectivity index (χ3n) is 2.95. The van der Waals surface area contributed by atoms with Crippen molar-refractivity contribution in [1.29, 1.82) is 0 Å². The van der Waals surface area contributed by atoms with E-state index in [1.165, 1.54) is 16.4 Å². The van der Waals surface area contributed by atoms with E-state index >= 15 is 0 Å². The van der Waals surface area contributed by atoms with Crippen LogP contribution in [0.15, 0.2) is 29.4 Å². The molecule has 0 atom stereocenters. The predicted octanol–water partition coefficient (Wildman–Crippen LogP) is 2.67. The highest BCUT2D eigenvalue weighted by Gasteiger charge is 2.12. The number of nitrogen functional groups attached to an aromatic ring is 1. The molecule has 1 aromatic carbocycles. The van der Waals surface area contributed by atoms with E-state index in [0.29, 0.717) is 5.16 Å². The number of aromatic nitrogens is 3. The molecule has 0 spiro atoms. The van der Waals surface area contributed by atoms with Crippen LogP contribution in [0.1, 0.15) is 25.6 Å². The van der Waals surface area contributed by atoms with Crippen molar-refractivity contribution in [3.8, 4) is 0 Å². The minimum absolute atomic E-state index is 0.0932. The zero-order valence-corrected chi connectivity index (χ0v) is 15.2. The maximum Gasteiger partial charge on any atom is 0.234 e. The molecular weight excluding hydrogens is 413 g/mol. The summed E-state index contributed by atoms with van der Waals surface area (Å²) in [7, 11) is 0. The Balaban J connectivity index is 1.85. The van der Waals surface area contributed by atoms with E-state index in [0.717, 1.165) is 34.3 Å². The second-order valence-electron chi connectivity index (χ2n) is 4.72. The zero-order chi connectivity index (χ0) is 15.9. The fraction of sp³-hybridized carbons (Fsp3) is 0.357. The average Bonchev–Trinajstić information content (AvgIpc) is 2.86. The van der Waals surface area contributed by atoms with E-state index < -0.39 is 0 Å². The van der Waals surface area contributed by atoms with Gasteiger partial charge in [0.1, 0.15) is 0 Å². The van der Waals surface area contributed by atoms with Crippen molar-refractivity contribution >= 4 is 45.9 Å². The molecule has 1 heterocycles. The number of aryl methyl sites for hydroxylation is 1. The zero-order valence-electron chi connectivity index (χ0n) is 12.3. The molecule has 0 aliphatic carbocycles. The van der Waals surface area contributed by atoms with E-state index in [2.05, 4.69) is 45.0 Å². The number of hydrogen-bond acceptors (Lipinski definition) is 5. The van der Waals surface area contributed by atoms with Crippen LogP contribution in [0, 0.1) is 3.57 Å². The number of benzene rings is 1. The topological polar surface area (TPSA) is 85.8 Å². The van der Waals surface area contributed by atoms with Gasteiger partial charge in [0.15, 0.2) is 5.82 Å². The van der Waals surface area contributed by atoms with Gasteiger partial charge in [-0.2, -0.15) is 0 Å². The Bertz CT molecular complexity index is 629. The molecule has 8 heteroatoms. The summed E-state index contributed by atoms with van der Waals surface area (Å²) in [5.41, 5.74) is 0.781. The van der Waals surface area contributed by atoms with Gasteiger partial charge < -0.3 is 11.2 Å². The van der Waals surface area contributed by atoms with Gasteiger partial charge in [0.05, 0.1) is 5.75 Å². The van der Waals surface area contributed by atoms with Crippen LogP contribution in [0.25, 0.3) is 0 Å². The first-order valence-electron chi connectivity index (χ1n) is 6.97. The number of thioether (sulfide) groups is 1. The minimum atomic E-state index is -0.0932. The van der Waals surface area contributed by atoms with Gasteiger partial charge in [-0.25, -0.2) is 4.68 Å². The van der Waals surface area contributed by atoms with E-state index in [1.54, 1.807) is 0 Å². The number of unbranched alkanes of at least 4 members (excludes halogenated alkanes) is 1. The summed E-state index contributed by atoms with van der Waals surface area (Å²) in [5.74, 6) is 6.84. The summed E-state index contributed by atoms with van der Waals surface area (Å²) in [4.78, 5) is 11.9. The molecule has 1 amide bonds. The van der Waals surface area contributed by atoms with Crippen LogP contribution in [0.2, 0.25) is 0 Å². The van der Waals surface area contributed by atoms with Crippen LogP contribution in [-0.2, 0) is 11.2 Å². The lowest BCUT2D eigenvalue weighted by Crippen LogP contribution is -2.17. The average molecular weight is 431 g/mol. The van der Waals surface area contributed by atoms with E-state index in [-0.39, 0.29) is 11.7 Å². The lowest BCUT2D eigenvalue weighted by Gasteiger charge is -2.05. The van der Waals surface area contributed by atoms with Gasteiger partial charge in [-0.15, -0.1) is 10.2 Å². The number of carbonyl (C=O) groups excluding carboxylic acids is 1. The summed E-state index contributed by atoms with van der Waals surface area (Å²) in [5, 5.41) is 11.5. The summed E-state index contributed by atoms with van der Waals surface area (Å²) < 4.78 is 2.60. The Morgan fingerprint density at radius 3 is 2.77 bits per heavy atom. The fourth-order valence-electron chi connectivity index (χ4n) is 1.77. The molecule has 0 aliphatic heterocycles. The first-order valence-corrected chi connectivity index (χ1v) is 9.04. The largest absolute Gasteiger partial charge is 0.336 e. The number of carbonyl (C=O) groups is 1. The van der Waals surface area contributed by atoms with Gasteiger partial charge in [0.25, 0.3) is 0 Å². The SMILES string of the molecule is CCCCc1nnc(SCC(=O)Nc2ccc(I)cc2)n1N. The molecule has 1 aromatic heterocycles. The maximum absolute atomic E-state index is 11.9. The molecule has 22 heavy (non-hydrogen) atoms. The number of nitrogens with zero attached hydrogens (tertiary/aromatic N) is 3. The Kier molecular flexibility index (Phi) is 6.49. The lowest BCUT2D eigenvalue weighted by molar-refractivity contribution is -0.113. The normalized spacial score (nSPS) is 10.6. The van der Waals surface area contributed by atoms with Gasteiger partial charge in [0.2, 0.25) is 11.1 Å². The molecule has 0 unspecified atom stereocenters. The van der Waals surface area contributed by atoms with Crippen molar-refractivity contribution in [1.82, 2.24) is 14.9 Å². The second kappa shape index (κ2) is 8.37. The number of rotatable bonds is 7. The van der Waals surface area contributed by atoms with Crippen molar-refractivity contribution < 1.29 is 4.79 Å². The Morgan fingerprint density at radius 1 is 1.36 bits per heavy atom. The lowest BCUT2D eigenvalue weighted by atomic mass is 10.2. The van der Waals surface area contributed by atoms with E-state index in [1.807, 2.05) is 24.3 Å². The first-order chi connectivity index (χ1) is 10.6. The standard InChI is InChI=1S/C14H18IN5OS/c1-2-3-4-12-18-19-14(20(12)16)22-9-13(21)17-11-7-5-10(15)6-8-11/h5-8H,2-4,9,16H2,1H3,(H,17,21). The highest BCUT2D eigenvalue weighted by Crippen LogP contribution is 2.17. The van der Waals surface area contributed by atoms with Crippen LogP contribution in [0.4, 0.5) is 5.69 Å². The summed E-state index contributed by atoms with van der Waals surface area (Å²) in [6.45, 7) is 2.11. The molecule has 0 saturated carbocycles. The number of nitrogens with two attached hydrogens (primary N) is 1. The minimum Gasteiger partial charge on any atom is -0.336 e. The van der Waals surface area contributed by atoms with Crippen molar-refractivity contribution in [2.75, 3.05) is 16.9 Å². The number of amides is 1. The Morgan fingerprint density at radius 2 is 2.09 bits per heavy atom. The van der Waals surface area contributed by atoms with Crippen molar-refractivity contribution in [2.45, 2.75) is 31.3 Å². The van der Waals surface area contributed by atoms with Gasteiger partial charge >= 0.3 is 0 Å².